The summed E-state index contributed by atoms with van der Waals surface area (Å²) >= 11 is 0. The van der Waals surface area contributed by atoms with E-state index < -0.39 is 12.1 Å². The minimum absolute atomic E-state index is 0.00398. The van der Waals surface area contributed by atoms with Gasteiger partial charge >= 0.3 is 6.36 Å². The predicted molar refractivity (Wildman–Crippen MR) is 47.5 cm³/mol. The summed E-state index contributed by atoms with van der Waals surface area (Å²) in [5, 5.41) is 10.5. The Balaban J connectivity index is 3.10. The van der Waals surface area contributed by atoms with E-state index >= 15 is 0 Å². The van der Waals surface area contributed by atoms with Gasteiger partial charge in [-0.25, -0.2) is 0 Å². The Labute approximate surface area is 88.2 Å². The van der Waals surface area contributed by atoms with E-state index in [0.717, 1.165) is 12.1 Å². The zero-order valence-electron chi connectivity index (χ0n) is 7.71. The lowest BCUT2D eigenvalue weighted by Gasteiger charge is -2.12. The molecule has 0 saturated heterocycles. The number of carbonyl (C=O) groups is 1. The fraction of sp³-hybridized carbons (Fsp3) is 0.111. The van der Waals surface area contributed by atoms with Crippen LogP contribution in [0, 0.1) is 11.3 Å². The summed E-state index contributed by atoms with van der Waals surface area (Å²) in [6.45, 7) is 0. The molecule has 0 heterocycles. The molecule has 0 unspecified atom stereocenters. The number of ether oxygens (including phenoxy) is 1. The highest BCUT2D eigenvalue weighted by atomic mass is 19.4. The third-order valence-electron chi connectivity index (χ3n) is 1.55. The highest BCUT2D eigenvalue weighted by Crippen LogP contribution is 2.30. The first-order valence-electron chi connectivity index (χ1n) is 3.96. The maximum Gasteiger partial charge on any atom is 0.573 e. The van der Waals surface area contributed by atoms with E-state index in [1.807, 2.05) is 5.32 Å². The van der Waals surface area contributed by atoms with Gasteiger partial charge in [0.15, 0.2) is 5.75 Å². The summed E-state index contributed by atoms with van der Waals surface area (Å²) < 4.78 is 39.6. The van der Waals surface area contributed by atoms with Crippen molar-refractivity contribution in [1.82, 2.24) is 0 Å². The van der Waals surface area contributed by atoms with Gasteiger partial charge in [0.1, 0.15) is 0 Å². The molecular weight excluding hydrogens is 225 g/mol. The van der Waals surface area contributed by atoms with Crippen molar-refractivity contribution in [2.75, 3.05) is 5.32 Å². The lowest BCUT2D eigenvalue weighted by atomic mass is 10.2. The molecule has 4 nitrogen and oxygen atoms in total. The van der Waals surface area contributed by atoms with Crippen molar-refractivity contribution in [1.29, 1.82) is 5.26 Å². The first-order chi connectivity index (χ1) is 7.46. The van der Waals surface area contributed by atoms with Gasteiger partial charge in [0.25, 0.3) is 0 Å². The van der Waals surface area contributed by atoms with Gasteiger partial charge in [-0.05, 0) is 12.1 Å². The Hall–Kier alpha value is -2.23. The van der Waals surface area contributed by atoms with Crippen LogP contribution in [-0.2, 0) is 4.79 Å². The Bertz CT molecular complexity index is 437. The topological polar surface area (TPSA) is 62.1 Å². The Morgan fingerprint density at radius 1 is 1.44 bits per heavy atom. The van der Waals surface area contributed by atoms with Crippen LogP contribution in [0.5, 0.6) is 5.75 Å². The molecule has 0 saturated carbocycles. The van der Waals surface area contributed by atoms with Gasteiger partial charge in [0.2, 0.25) is 6.41 Å². The molecule has 0 bridgehead atoms. The van der Waals surface area contributed by atoms with Crippen LogP contribution in [0.25, 0.3) is 0 Å². The zero-order valence-corrected chi connectivity index (χ0v) is 7.71. The molecule has 1 rings (SSSR count). The van der Waals surface area contributed by atoms with Crippen molar-refractivity contribution in [2.24, 2.45) is 0 Å². The molecule has 0 spiro atoms. The molecule has 0 radical (unpaired) electrons. The number of amides is 1. The number of carbonyl (C=O) groups excluding carboxylic acids is 1. The van der Waals surface area contributed by atoms with Gasteiger partial charge in [-0.1, -0.05) is 0 Å². The molecule has 0 aliphatic carbocycles. The first-order valence-corrected chi connectivity index (χ1v) is 3.96. The second-order valence-corrected chi connectivity index (χ2v) is 2.63. The maximum absolute atomic E-state index is 12.0. The van der Waals surface area contributed by atoms with E-state index in [1.165, 1.54) is 6.07 Å². The van der Waals surface area contributed by atoms with E-state index in [0.29, 0.717) is 0 Å². The van der Waals surface area contributed by atoms with E-state index in [9.17, 15) is 18.0 Å². The van der Waals surface area contributed by atoms with Gasteiger partial charge in [0, 0.05) is 6.07 Å². The number of nitrogens with zero attached hydrogens (tertiary/aromatic N) is 1. The molecule has 1 amide bonds. The van der Waals surface area contributed by atoms with Gasteiger partial charge in [-0.3, -0.25) is 4.79 Å². The molecule has 1 aromatic carbocycles. The monoisotopic (exact) mass is 230 g/mol. The van der Waals surface area contributed by atoms with E-state index in [1.54, 1.807) is 6.07 Å². The largest absolute Gasteiger partial charge is 0.573 e. The van der Waals surface area contributed by atoms with Crippen molar-refractivity contribution < 1.29 is 22.7 Å². The highest BCUT2D eigenvalue weighted by Gasteiger charge is 2.32. The number of halogens is 3. The van der Waals surface area contributed by atoms with E-state index in [4.69, 9.17) is 5.26 Å². The number of alkyl halides is 3. The molecule has 1 aromatic rings. The lowest BCUT2D eigenvalue weighted by molar-refractivity contribution is -0.274. The molecule has 7 heteroatoms. The van der Waals surface area contributed by atoms with Gasteiger partial charge in [0.05, 0.1) is 17.3 Å². The first kappa shape index (κ1) is 11.8. The fourth-order valence-corrected chi connectivity index (χ4v) is 0.984. The molecule has 0 aromatic heterocycles. The summed E-state index contributed by atoms with van der Waals surface area (Å²) in [5.41, 5.74) is -0.165. The van der Waals surface area contributed by atoms with Crippen LogP contribution < -0.4 is 10.1 Å². The summed E-state index contributed by atoms with van der Waals surface area (Å²) in [4.78, 5) is 10.1. The lowest BCUT2D eigenvalue weighted by Crippen LogP contribution is -2.18. The molecule has 84 valence electrons. The smallest absolute Gasteiger partial charge is 0.404 e. The highest BCUT2D eigenvalue weighted by molar-refractivity contribution is 5.76. The van der Waals surface area contributed by atoms with Gasteiger partial charge in [-0.2, -0.15) is 5.26 Å². The normalized spacial score (nSPS) is 10.4. The van der Waals surface area contributed by atoms with Crippen LogP contribution in [0.2, 0.25) is 0 Å². The standard InChI is InChI=1S/C9H5F3N2O2/c10-9(11,12)16-8-3-6(4-13)1-2-7(8)14-5-15/h1-3,5H,(H,14,15). The number of nitriles is 1. The number of benzene rings is 1. The molecular formula is C9H5F3N2O2. The third kappa shape index (κ3) is 3.16. The Morgan fingerprint density at radius 2 is 2.12 bits per heavy atom. The molecule has 0 aliphatic heterocycles. The molecule has 0 aliphatic rings. The third-order valence-corrected chi connectivity index (χ3v) is 1.55. The van der Waals surface area contributed by atoms with Crippen LogP contribution >= 0.6 is 0 Å². The molecule has 0 atom stereocenters. The number of nitrogens with one attached hydrogen (secondary N) is 1. The number of hydrogen-bond acceptors (Lipinski definition) is 3. The van der Waals surface area contributed by atoms with Crippen molar-refractivity contribution in [3.63, 3.8) is 0 Å². The Morgan fingerprint density at radius 3 is 2.62 bits per heavy atom. The number of anilines is 1. The Kier molecular flexibility index (Phi) is 3.35. The summed E-state index contributed by atoms with van der Waals surface area (Å²) in [6, 6.07) is 4.95. The van der Waals surface area contributed by atoms with Crippen molar-refractivity contribution >= 4 is 12.1 Å². The van der Waals surface area contributed by atoms with E-state index in [-0.39, 0.29) is 17.7 Å². The average Bonchev–Trinajstić information content (AvgIpc) is 2.18. The maximum atomic E-state index is 12.0. The summed E-state index contributed by atoms with van der Waals surface area (Å²) in [7, 11) is 0. The van der Waals surface area contributed by atoms with Crippen LogP contribution in [0.4, 0.5) is 18.9 Å². The van der Waals surface area contributed by atoms with Crippen molar-refractivity contribution in [3.8, 4) is 11.8 Å². The second kappa shape index (κ2) is 4.53. The van der Waals surface area contributed by atoms with Gasteiger partial charge in [-0.15, -0.1) is 13.2 Å². The van der Waals surface area contributed by atoms with Crippen LogP contribution in [0.3, 0.4) is 0 Å². The average molecular weight is 230 g/mol. The summed E-state index contributed by atoms with van der Waals surface area (Å²) in [5.74, 6) is -0.626. The summed E-state index contributed by atoms with van der Waals surface area (Å²) in [6.07, 6.45) is -4.67. The van der Waals surface area contributed by atoms with Crippen molar-refractivity contribution in [3.05, 3.63) is 23.8 Å². The zero-order chi connectivity index (χ0) is 12.2. The minimum Gasteiger partial charge on any atom is -0.404 e. The van der Waals surface area contributed by atoms with Crippen LogP contribution in [-0.4, -0.2) is 12.8 Å². The quantitative estimate of drug-likeness (QED) is 0.808. The van der Waals surface area contributed by atoms with Crippen molar-refractivity contribution in [2.45, 2.75) is 6.36 Å². The molecule has 1 N–H and O–H groups in total. The predicted octanol–water partition coefficient (Wildman–Crippen LogP) is 2.03. The fourth-order valence-electron chi connectivity index (χ4n) is 0.984. The molecule has 0 fully saturated rings. The molecule has 16 heavy (non-hydrogen) atoms. The number of hydrogen-bond donors (Lipinski definition) is 1. The van der Waals surface area contributed by atoms with Crippen LogP contribution in [0.1, 0.15) is 5.56 Å². The minimum atomic E-state index is -4.88. The van der Waals surface area contributed by atoms with Crippen LogP contribution in [0.15, 0.2) is 18.2 Å². The SMILES string of the molecule is N#Cc1ccc(NC=O)c(OC(F)(F)F)c1. The van der Waals surface area contributed by atoms with E-state index in [2.05, 4.69) is 4.74 Å². The van der Waals surface area contributed by atoms with Gasteiger partial charge < -0.3 is 10.1 Å². The number of rotatable bonds is 3. The second-order valence-electron chi connectivity index (χ2n) is 2.63.